The minimum atomic E-state index is -0.423. The summed E-state index contributed by atoms with van der Waals surface area (Å²) in [7, 11) is 0. The second kappa shape index (κ2) is 7.37. The van der Waals surface area contributed by atoms with E-state index in [0.29, 0.717) is 12.3 Å². The number of nitrogens with zero attached hydrogens (tertiary/aromatic N) is 2. The van der Waals surface area contributed by atoms with E-state index in [-0.39, 0.29) is 11.6 Å². The Kier molecular flexibility index (Phi) is 5.51. The van der Waals surface area contributed by atoms with Crippen LogP contribution in [0.4, 0.5) is 5.69 Å². The van der Waals surface area contributed by atoms with Gasteiger partial charge in [0.1, 0.15) is 0 Å². The van der Waals surface area contributed by atoms with Crippen LogP contribution >= 0.6 is 23.1 Å². The molecule has 0 atom stereocenters. The van der Waals surface area contributed by atoms with Gasteiger partial charge in [-0.25, -0.2) is 4.98 Å². The van der Waals surface area contributed by atoms with Crippen LogP contribution in [-0.4, -0.2) is 28.1 Å². The number of nitrogens with one attached hydrogen (secondary N) is 1. The quantitative estimate of drug-likeness (QED) is 0.366. The van der Waals surface area contributed by atoms with Gasteiger partial charge in [0.2, 0.25) is 5.91 Å². The summed E-state index contributed by atoms with van der Waals surface area (Å²) in [4.78, 5) is 26.3. The van der Waals surface area contributed by atoms with Gasteiger partial charge in [-0.3, -0.25) is 14.9 Å². The zero-order chi connectivity index (χ0) is 15.2. The Bertz CT molecular complexity index is 657. The highest BCUT2D eigenvalue weighted by Crippen LogP contribution is 2.31. The van der Waals surface area contributed by atoms with Crippen molar-refractivity contribution in [3.63, 3.8) is 0 Å². The molecule has 21 heavy (non-hydrogen) atoms. The van der Waals surface area contributed by atoms with Gasteiger partial charge in [-0.05, 0) is 12.5 Å². The van der Waals surface area contributed by atoms with Crippen molar-refractivity contribution in [2.75, 3.05) is 12.3 Å². The fourth-order valence-electron chi connectivity index (χ4n) is 1.65. The first-order valence-electron chi connectivity index (χ1n) is 6.54. The van der Waals surface area contributed by atoms with Crippen molar-refractivity contribution in [2.45, 2.75) is 24.1 Å². The van der Waals surface area contributed by atoms with E-state index in [9.17, 15) is 14.9 Å². The van der Waals surface area contributed by atoms with Crippen LogP contribution in [-0.2, 0) is 4.79 Å². The number of unbranched alkanes of at least 4 members (excludes halogenated alkanes) is 1. The van der Waals surface area contributed by atoms with Crippen LogP contribution < -0.4 is 5.32 Å². The van der Waals surface area contributed by atoms with E-state index < -0.39 is 4.92 Å². The molecule has 0 aliphatic carbocycles. The van der Waals surface area contributed by atoms with Crippen LogP contribution in [0, 0.1) is 10.1 Å². The van der Waals surface area contributed by atoms with Crippen molar-refractivity contribution in [2.24, 2.45) is 0 Å². The molecule has 112 valence electrons. The highest BCUT2D eigenvalue weighted by Gasteiger charge is 2.11. The predicted octanol–water partition coefficient (Wildman–Crippen LogP) is 3.21. The van der Waals surface area contributed by atoms with Crippen molar-refractivity contribution >= 4 is 44.9 Å². The molecule has 0 spiro atoms. The molecular weight excluding hydrogens is 310 g/mol. The second-order valence-electron chi connectivity index (χ2n) is 4.38. The molecule has 1 amide bonds. The number of nitro benzene ring substituents is 1. The summed E-state index contributed by atoms with van der Waals surface area (Å²) < 4.78 is 1.51. The van der Waals surface area contributed by atoms with Gasteiger partial charge in [-0.15, -0.1) is 11.3 Å². The van der Waals surface area contributed by atoms with Gasteiger partial charge < -0.3 is 5.32 Å². The van der Waals surface area contributed by atoms with E-state index in [1.807, 2.05) is 0 Å². The van der Waals surface area contributed by atoms with Crippen LogP contribution in [0.2, 0.25) is 0 Å². The molecule has 1 heterocycles. The van der Waals surface area contributed by atoms with Gasteiger partial charge in [0.05, 0.1) is 20.9 Å². The van der Waals surface area contributed by atoms with Gasteiger partial charge in [-0.1, -0.05) is 25.1 Å². The van der Waals surface area contributed by atoms with Gasteiger partial charge in [0.25, 0.3) is 5.69 Å². The lowest BCUT2D eigenvalue weighted by Crippen LogP contribution is -2.25. The SMILES string of the molecule is CCCCNC(=O)CSc1nc2ccc([N+](=O)[O-])cc2s1. The lowest BCUT2D eigenvalue weighted by atomic mass is 10.3. The van der Waals surface area contributed by atoms with Gasteiger partial charge in [-0.2, -0.15) is 0 Å². The zero-order valence-electron chi connectivity index (χ0n) is 11.5. The molecule has 0 saturated carbocycles. The Hall–Kier alpha value is -1.67. The number of nitro groups is 1. The zero-order valence-corrected chi connectivity index (χ0v) is 13.1. The summed E-state index contributed by atoms with van der Waals surface area (Å²) in [6, 6.07) is 4.59. The van der Waals surface area contributed by atoms with Gasteiger partial charge in [0, 0.05) is 18.7 Å². The van der Waals surface area contributed by atoms with E-state index in [4.69, 9.17) is 0 Å². The third-order valence-electron chi connectivity index (χ3n) is 2.74. The number of thioether (sulfide) groups is 1. The monoisotopic (exact) mass is 325 g/mol. The minimum absolute atomic E-state index is 0.0151. The molecule has 2 aromatic rings. The summed E-state index contributed by atoms with van der Waals surface area (Å²) in [5.74, 6) is 0.296. The summed E-state index contributed by atoms with van der Waals surface area (Å²) in [5, 5.41) is 13.6. The average molecular weight is 325 g/mol. The van der Waals surface area contributed by atoms with Crippen LogP contribution in [0.1, 0.15) is 19.8 Å². The topological polar surface area (TPSA) is 85.1 Å². The predicted molar refractivity (Wildman–Crippen MR) is 84.9 cm³/mol. The maximum Gasteiger partial charge on any atom is 0.270 e. The molecule has 0 aliphatic heterocycles. The number of benzene rings is 1. The van der Waals surface area contributed by atoms with Crippen LogP contribution in [0.5, 0.6) is 0 Å². The van der Waals surface area contributed by atoms with Gasteiger partial charge >= 0.3 is 0 Å². The summed E-state index contributed by atoms with van der Waals surface area (Å²) >= 11 is 2.72. The number of amides is 1. The Morgan fingerprint density at radius 2 is 2.33 bits per heavy atom. The number of thiazole rings is 1. The lowest BCUT2D eigenvalue weighted by Gasteiger charge is -2.01. The smallest absolute Gasteiger partial charge is 0.270 e. The number of rotatable bonds is 7. The van der Waals surface area contributed by atoms with Crippen LogP contribution in [0.3, 0.4) is 0 Å². The summed E-state index contributed by atoms with van der Waals surface area (Å²) in [5.41, 5.74) is 0.777. The Labute approximate surface area is 130 Å². The molecule has 0 radical (unpaired) electrons. The van der Waals surface area contributed by atoms with Crippen molar-refractivity contribution in [3.05, 3.63) is 28.3 Å². The molecule has 1 aromatic carbocycles. The van der Waals surface area contributed by atoms with E-state index >= 15 is 0 Å². The Morgan fingerprint density at radius 3 is 3.05 bits per heavy atom. The number of carbonyl (C=O) groups excluding carboxylic acids is 1. The van der Waals surface area contributed by atoms with E-state index in [1.165, 1.54) is 35.2 Å². The highest BCUT2D eigenvalue weighted by atomic mass is 32.2. The van der Waals surface area contributed by atoms with Crippen LogP contribution in [0.15, 0.2) is 22.5 Å². The standard InChI is InChI=1S/C13H15N3O3S2/c1-2-3-6-14-12(17)8-20-13-15-10-5-4-9(16(18)19)7-11(10)21-13/h4-5,7H,2-3,6,8H2,1H3,(H,14,17). The number of carbonyl (C=O) groups is 1. The number of non-ortho nitro benzene ring substituents is 1. The molecule has 1 N–H and O–H groups in total. The molecule has 0 bridgehead atoms. The lowest BCUT2D eigenvalue weighted by molar-refractivity contribution is -0.384. The number of fused-ring (bicyclic) bond motifs is 1. The van der Waals surface area contributed by atoms with Crippen molar-refractivity contribution in [1.29, 1.82) is 0 Å². The first kappa shape index (κ1) is 15.7. The van der Waals surface area contributed by atoms with E-state index in [0.717, 1.165) is 27.4 Å². The largest absolute Gasteiger partial charge is 0.355 e. The molecule has 0 unspecified atom stereocenters. The Morgan fingerprint density at radius 1 is 1.52 bits per heavy atom. The molecule has 0 aliphatic rings. The normalized spacial score (nSPS) is 10.7. The number of hydrogen-bond acceptors (Lipinski definition) is 6. The molecule has 0 fully saturated rings. The second-order valence-corrected chi connectivity index (χ2v) is 6.63. The highest BCUT2D eigenvalue weighted by molar-refractivity contribution is 8.01. The van der Waals surface area contributed by atoms with Crippen molar-refractivity contribution in [1.82, 2.24) is 10.3 Å². The average Bonchev–Trinajstić information content (AvgIpc) is 2.87. The molecule has 2 rings (SSSR count). The summed E-state index contributed by atoms with van der Waals surface area (Å²) in [6.45, 7) is 2.77. The Balaban J connectivity index is 1.96. The molecule has 0 saturated heterocycles. The first-order valence-corrected chi connectivity index (χ1v) is 8.35. The van der Waals surface area contributed by atoms with E-state index in [1.54, 1.807) is 6.07 Å². The maximum atomic E-state index is 11.6. The molecular formula is C13H15N3O3S2. The number of aromatic nitrogens is 1. The number of hydrogen-bond donors (Lipinski definition) is 1. The molecule has 1 aromatic heterocycles. The fourth-order valence-corrected chi connectivity index (χ4v) is 3.58. The first-order chi connectivity index (χ1) is 10.1. The fraction of sp³-hybridized carbons (Fsp3) is 0.385. The molecule has 6 nitrogen and oxygen atoms in total. The third kappa shape index (κ3) is 4.40. The summed E-state index contributed by atoms with van der Waals surface area (Å²) in [6.07, 6.45) is 2.02. The minimum Gasteiger partial charge on any atom is -0.355 e. The van der Waals surface area contributed by atoms with Crippen molar-refractivity contribution in [3.8, 4) is 0 Å². The third-order valence-corrected chi connectivity index (χ3v) is 4.90. The molecule has 8 heteroatoms. The maximum absolute atomic E-state index is 11.6. The van der Waals surface area contributed by atoms with E-state index in [2.05, 4.69) is 17.2 Å². The van der Waals surface area contributed by atoms with Gasteiger partial charge in [0.15, 0.2) is 4.34 Å². The van der Waals surface area contributed by atoms with Crippen molar-refractivity contribution < 1.29 is 9.72 Å². The van der Waals surface area contributed by atoms with Crippen LogP contribution in [0.25, 0.3) is 10.2 Å².